The number of nitrogen functional groups attached to an aromatic ring is 1. The van der Waals surface area contributed by atoms with Crippen LogP contribution < -0.4 is 10.6 Å². The Morgan fingerprint density at radius 3 is 2.90 bits per heavy atom. The number of benzene rings is 1. The van der Waals surface area contributed by atoms with E-state index in [0.717, 1.165) is 26.1 Å². The topological polar surface area (TPSA) is 69.8 Å². The molecule has 0 spiro atoms. The Morgan fingerprint density at radius 2 is 2.19 bits per heavy atom. The van der Waals surface area contributed by atoms with Crippen LogP contribution in [0.3, 0.4) is 0 Å². The third kappa shape index (κ3) is 2.44. The summed E-state index contributed by atoms with van der Waals surface area (Å²) in [4.78, 5) is 15.5. The number of hydrogen-bond acceptors (Lipinski definition) is 4. The third-order valence-corrected chi connectivity index (χ3v) is 4.59. The van der Waals surface area contributed by atoms with E-state index in [1.165, 1.54) is 18.6 Å². The zero-order chi connectivity index (χ0) is 15.1. The third-order valence-electron chi connectivity index (χ3n) is 4.59. The minimum Gasteiger partial charge on any atom is -0.478 e. The summed E-state index contributed by atoms with van der Waals surface area (Å²) in [7, 11) is 0. The van der Waals surface area contributed by atoms with Crippen molar-refractivity contribution in [2.24, 2.45) is 0 Å². The fourth-order valence-corrected chi connectivity index (χ4v) is 3.52. The van der Waals surface area contributed by atoms with E-state index in [2.05, 4.69) is 16.7 Å². The average molecular weight is 293 g/mol. The molecule has 0 aliphatic carbocycles. The highest BCUT2D eigenvalue weighted by Gasteiger charge is 2.35. The molecule has 0 saturated carbocycles. The van der Waals surface area contributed by atoms with Crippen LogP contribution >= 0.6 is 0 Å². The number of carboxylic acid groups (broad SMARTS) is 1. The van der Waals surface area contributed by atoms with Gasteiger partial charge < -0.3 is 15.7 Å². The lowest BCUT2D eigenvalue weighted by molar-refractivity contribution is 0.0692. The molecule has 1 aromatic rings. The molecule has 2 atom stereocenters. The summed E-state index contributed by atoms with van der Waals surface area (Å²) in [5.74, 6) is -2.02. The minimum absolute atomic E-state index is 0.233. The Morgan fingerprint density at radius 1 is 1.43 bits per heavy atom. The van der Waals surface area contributed by atoms with Crippen LogP contribution in [0.15, 0.2) is 12.1 Å². The molecule has 114 valence electrons. The summed E-state index contributed by atoms with van der Waals surface area (Å²) in [6, 6.07) is 3.21. The Balaban J connectivity index is 1.92. The largest absolute Gasteiger partial charge is 0.478 e. The molecule has 2 saturated heterocycles. The van der Waals surface area contributed by atoms with E-state index in [0.29, 0.717) is 17.4 Å². The Labute approximate surface area is 123 Å². The van der Waals surface area contributed by atoms with Gasteiger partial charge in [-0.15, -0.1) is 0 Å². The van der Waals surface area contributed by atoms with Crippen LogP contribution in [0, 0.1) is 5.82 Å². The molecular formula is C15H20FN3O2. The first-order chi connectivity index (χ1) is 9.97. The van der Waals surface area contributed by atoms with Gasteiger partial charge in [0.1, 0.15) is 5.82 Å². The molecule has 2 aliphatic heterocycles. The highest BCUT2D eigenvalue weighted by atomic mass is 19.1. The summed E-state index contributed by atoms with van der Waals surface area (Å²) in [6.07, 6.45) is 2.35. The zero-order valence-corrected chi connectivity index (χ0v) is 12.1. The lowest BCUT2D eigenvalue weighted by Gasteiger charge is -2.44. The zero-order valence-electron chi connectivity index (χ0n) is 12.1. The molecular weight excluding hydrogens is 273 g/mol. The maximum atomic E-state index is 14.0. The number of anilines is 2. The molecule has 2 unspecified atom stereocenters. The van der Waals surface area contributed by atoms with E-state index in [4.69, 9.17) is 10.8 Å². The number of carbonyl (C=O) groups is 1. The number of piperazine rings is 1. The van der Waals surface area contributed by atoms with E-state index in [-0.39, 0.29) is 11.6 Å². The van der Waals surface area contributed by atoms with Crippen molar-refractivity contribution in [3.05, 3.63) is 23.5 Å². The van der Waals surface area contributed by atoms with Crippen molar-refractivity contribution in [3.8, 4) is 0 Å². The van der Waals surface area contributed by atoms with E-state index in [9.17, 15) is 9.18 Å². The molecule has 2 fully saturated rings. The number of nitrogens with zero attached hydrogens (tertiary/aromatic N) is 2. The number of fused-ring (bicyclic) bond motifs is 1. The molecule has 3 N–H and O–H groups in total. The van der Waals surface area contributed by atoms with Gasteiger partial charge in [-0.05, 0) is 32.4 Å². The maximum absolute atomic E-state index is 14.0. The molecule has 6 heteroatoms. The highest BCUT2D eigenvalue weighted by molar-refractivity contribution is 5.91. The van der Waals surface area contributed by atoms with Crippen LogP contribution in [-0.2, 0) is 0 Å². The lowest BCUT2D eigenvalue weighted by Crippen LogP contribution is -2.55. The number of carboxylic acids is 1. The van der Waals surface area contributed by atoms with E-state index < -0.39 is 11.8 Å². The number of rotatable bonds is 2. The lowest BCUT2D eigenvalue weighted by atomic mass is 10.0. The van der Waals surface area contributed by atoms with Crippen molar-refractivity contribution in [1.29, 1.82) is 0 Å². The van der Waals surface area contributed by atoms with Gasteiger partial charge in [0, 0.05) is 31.2 Å². The van der Waals surface area contributed by atoms with Crippen LogP contribution in [0.4, 0.5) is 15.8 Å². The summed E-state index contributed by atoms with van der Waals surface area (Å²) in [6.45, 7) is 4.98. The molecule has 1 aromatic carbocycles. The SMILES string of the molecule is CC1CN2CCCC2CN1c1cc(F)c(C(=O)O)cc1N. The standard InChI is InChI=1S/C15H20FN3O2/c1-9-7-18-4-2-3-10(18)8-19(9)14-6-12(16)11(15(20)21)5-13(14)17/h5-6,9-10H,2-4,7-8,17H2,1H3,(H,20,21). The van der Waals surface area contributed by atoms with Gasteiger partial charge >= 0.3 is 5.97 Å². The molecule has 21 heavy (non-hydrogen) atoms. The van der Waals surface area contributed by atoms with Crippen molar-refractivity contribution in [3.63, 3.8) is 0 Å². The molecule has 3 rings (SSSR count). The summed E-state index contributed by atoms with van der Waals surface area (Å²) in [5, 5.41) is 8.95. The molecule has 2 heterocycles. The highest BCUT2D eigenvalue weighted by Crippen LogP contribution is 2.33. The van der Waals surface area contributed by atoms with Crippen molar-refractivity contribution < 1.29 is 14.3 Å². The van der Waals surface area contributed by atoms with Crippen molar-refractivity contribution in [2.45, 2.75) is 31.8 Å². The fraction of sp³-hybridized carbons (Fsp3) is 0.533. The Bertz CT molecular complexity index is 578. The van der Waals surface area contributed by atoms with Gasteiger partial charge in [0.2, 0.25) is 0 Å². The second kappa shape index (κ2) is 5.18. The van der Waals surface area contributed by atoms with Gasteiger partial charge in [-0.1, -0.05) is 0 Å². The van der Waals surface area contributed by atoms with Crippen molar-refractivity contribution in [1.82, 2.24) is 4.90 Å². The van der Waals surface area contributed by atoms with E-state index in [1.54, 1.807) is 0 Å². The summed E-state index contributed by atoms with van der Waals surface area (Å²) < 4.78 is 14.0. The second-order valence-electron chi connectivity index (χ2n) is 5.99. The molecule has 0 radical (unpaired) electrons. The smallest absolute Gasteiger partial charge is 0.338 e. The van der Waals surface area contributed by atoms with Crippen molar-refractivity contribution in [2.75, 3.05) is 30.3 Å². The summed E-state index contributed by atoms with van der Waals surface area (Å²) in [5.41, 5.74) is 6.54. The Hall–Kier alpha value is -1.82. The fourth-order valence-electron chi connectivity index (χ4n) is 3.52. The quantitative estimate of drug-likeness (QED) is 0.813. The van der Waals surface area contributed by atoms with Crippen LogP contribution in [0.2, 0.25) is 0 Å². The van der Waals surface area contributed by atoms with Crippen LogP contribution in [0.1, 0.15) is 30.1 Å². The van der Waals surface area contributed by atoms with Gasteiger partial charge in [-0.2, -0.15) is 0 Å². The van der Waals surface area contributed by atoms with Crippen molar-refractivity contribution >= 4 is 17.3 Å². The normalized spacial score (nSPS) is 25.9. The maximum Gasteiger partial charge on any atom is 0.338 e. The summed E-state index contributed by atoms with van der Waals surface area (Å²) >= 11 is 0. The van der Waals surface area contributed by atoms with Crippen LogP contribution in [0.25, 0.3) is 0 Å². The first-order valence-corrected chi connectivity index (χ1v) is 7.30. The first kappa shape index (κ1) is 14.1. The predicted octanol–water partition coefficient (Wildman–Crippen LogP) is 1.78. The number of hydrogen-bond donors (Lipinski definition) is 2. The van der Waals surface area contributed by atoms with Gasteiger partial charge in [-0.25, -0.2) is 9.18 Å². The van der Waals surface area contributed by atoms with Gasteiger partial charge in [0.05, 0.1) is 16.9 Å². The van der Waals surface area contributed by atoms with Crippen LogP contribution in [-0.4, -0.2) is 47.7 Å². The average Bonchev–Trinajstić information content (AvgIpc) is 2.87. The Kier molecular flexibility index (Phi) is 3.49. The first-order valence-electron chi connectivity index (χ1n) is 7.30. The van der Waals surface area contributed by atoms with Gasteiger partial charge in [0.15, 0.2) is 0 Å². The van der Waals surface area contributed by atoms with Gasteiger partial charge in [-0.3, -0.25) is 4.90 Å². The molecule has 0 amide bonds. The second-order valence-corrected chi connectivity index (χ2v) is 5.99. The molecule has 5 nitrogen and oxygen atoms in total. The molecule has 0 bridgehead atoms. The number of aromatic carboxylic acids is 1. The number of nitrogens with two attached hydrogens (primary N) is 1. The van der Waals surface area contributed by atoms with Gasteiger partial charge in [0.25, 0.3) is 0 Å². The molecule has 0 aromatic heterocycles. The molecule has 2 aliphatic rings. The van der Waals surface area contributed by atoms with Crippen LogP contribution in [0.5, 0.6) is 0 Å². The number of halogens is 1. The monoisotopic (exact) mass is 293 g/mol. The minimum atomic E-state index is -1.29. The predicted molar refractivity (Wildman–Crippen MR) is 79.2 cm³/mol. The van der Waals surface area contributed by atoms with E-state index >= 15 is 0 Å². The van der Waals surface area contributed by atoms with E-state index in [1.807, 2.05) is 0 Å².